The van der Waals surface area contributed by atoms with Crippen molar-refractivity contribution in [1.82, 2.24) is 4.90 Å². The van der Waals surface area contributed by atoms with E-state index in [2.05, 4.69) is 40.1 Å². The molecule has 22 heavy (non-hydrogen) atoms. The van der Waals surface area contributed by atoms with Gasteiger partial charge in [0.25, 0.3) is 0 Å². The van der Waals surface area contributed by atoms with Crippen LogP contribution in [0.1, 0.15) is 25.7 Å². The Kier molecular flexibility index (Phi) is 6.11. The van der Waals surface area contributed by atoms with Crippen molar-refractivity contribution in [3.63, 3.8) is 0 Å². The molecule has 0 N–H and O–H groups in total. The molecule has 4 heteroatoms. The number of hydrogen-bond donors (Lipinski definition) is 0. The average molecular weight is 304 g/mol. The Morgan fingerprint density at radius 1 is 1.05 bits per heavy atom. The number of nitrogens with zero attached hydrogens (tertiary/aromatic N) is 2. The van der Waals surface area contributed by atoms with Crippen molar-refractivity contribution >= 4 is 5.69 Å². The van der Waals surface area contributed by atoms with Crippen LogP contribution in [0.2, 0.25) is 0 Å². The molecule has 0 amide bonds. The topological polar surface area (TPSA) is 24.9 Å². The van der Waals surface area contributed by atoms with Gasteiger partial charge in [0.05, 0.1) is 6.61 Å². The first-order valence-electron chi connectivity index (χ1n) is 8.67. The SMILES string of the molecule is c1ccc(N2CCN(CCCOC3CCCCO3)CC2)cc1. The van der Waals surface area contributed by atoms with E-state index in [-0.39, 0.29) is 6.29 Å². The van der Waals surface area contributed by atoms with Gasteiger partial charge in [0.15, 0.2) is 6.29 Å². The minimum atomic E-state index is 0.0590. The van der Waals surface area contributed by atoms with Gasteiger partial charge in [-0.2, -0.15) is 0 Å². The predicted octanol–water partition coefficient (Wildman–Crippen LogP) is 2.74. The van der Waals surface area contributed by atoms with E-state index in [0.717, 1.165) is 58.8 Å². The summed E-state index contributed by atoms with van der Waals surface area (Å²) in [7, 11) is 0. The first-order valence-corrected chi connectivity index (χ1v) is 8.67. The maximum atomic E-state index is 5.81. The van der Waals surface area contributed by atoms with Crippen LogP contribution in [0, 0.1) is 0 Å². The molecule has 3 rings (SSSR count). The minimum absolute atomic E-state index is 0.0590. The second kappa shape index (κ2) is 8.51. The van der Waals surface area contributed by atoms with Gasteiger partial charge in [-0.1, -0.05) is 18.2 Å². The third-order valence-electron chi connectivity index (χ3n) is 4.55. The normalized spacial score (nSPS) is 23.6. The van der Waals surface area contributed by atoms with Crippen molar-refractivity contribution < 1.29 is 9.47 Å². The molecule has 2 heterocycles. The molecule has 0 radical (unpaired) electrons. The van der Waals surface area contributed by atoms with Crippen LogP contribution in [-0.4, -0.2) is 57.1 Å². The van der Waals surface area contributed by atoms with Crippen LogP contribution in [0.15, 0.2) is 30.3 Å². The van der Waals surface area contributed by atoms with Gasteiger partial charge in [0.2, 0.25) is 0 Å². The molecule has 2 fully saturated rings. The lowest BCUT2D eigenvalue weighted by molar-refractivity contribution is -0.163. The Morgan fingerprint density at radius 3 is 2.59 bits per heavy atom. The van der Waals surface area contributed by atoms with Crippen molar-refractivity contribution in [2.24, 2.45) is 0 Å². The van der Waals surface area contributed by atoms with Crippen molar-refractivity contribution in [1.29, 1.82) is 0 Å². The zero-order valence-electron chi connectivity index (χ0n) is 13.5. The number of hydrogen-bond acceptors (Lipinski definition) is 4. The van der Waals surface area contributed by atoms with Crippen LogP contribution in [0.5, 0.6) is 0 Å². The van der Waals surface area contributed by atoms with Crippen LogP contribution < -0.4 is 4.90 Å². The molecule has 2 saturated heterocycles. The molecule has 122 valence electrons. The average Bonchev–Trinajstić information content (AvgIpc) is 2.61. The molecule has 2 aliphatic heterocycles. The lowest BCUT2D eigenvalue weighted by atomic mass is 10.2. The van der Waals surface area contributed by atoms with Crippen molar-refractivity contribution in [2.45, 2.75) is 32.0 Å². The molecule has 1 atom stereocenters. The number of anilines is 1. The number of benzene rings is 1. The van der Waals surface area contributed by atoms with E-state index < -0.39 is 0 Å². The summed E-state index contributed by atoms with van der Waals surface area (Å²) in [5, 5.41) is 0. The summed E-state index contributed by atoms with van der Waals surface area (Å²) in [6, 6.07) is 10.7. The fourth-order valence-corrected chi connectivity index (χ4v) is 3.21. The first kappa shape index (κ1) is 15.8. The monoisotopic (exact) mass is 304 g/mol. The second-order valence-electron chi connectivity index (χ2n) is 6.18. The highest BCUT2D eigenvalue weighted by Gasteiger charge is 2.17. The molecule has 0 spiro atoms. The van der Waals surface area contributed by atoms with Crippen molar-refractivity contribution in [2.75, 3.05) is 50.8 Å². The first-order chi connectivity index (χ1) is 10.9. The highest BCUT2D eigenvalue weighted by Crippen LogP contribution is 2.16. The molecule has 1 aromatic carbocycles. The van der Waals surface area contributed by atoms with E-state index in [4.69, 9.17) is 9.47 Å². The summed E-state index contributed by atoms with van der Waals surface area (Å²) >= 11 is 0. The van der Waals surface area contributed by atoms with E-state index in [0.29, 0.717) is 0 Å². The fourth-order valence-electron chi connectivity index (χ4n) is 3.21. The van der Waals surface area contributed by atoms with Crippen LogP contribution in [0.3, 0.4) is 0 Å². The van der Waals surface area contributed by atoms with Crippen LogP contribution >= 0.6 is 0 Å². The summed E-state index contributed by atoms with van der Waals surface area (Å²) in [4.78, 5) is 5.02. The fraction of sp³-hybridized carbons (Fsp3) is 0.667. The predicted molar refractivity (Wildman–Crippen MR) is 89.3 cm³/mol. The van der Waals surface area contributed by atoms with Gasteiger partial charge in [-0.15, -0.1) is 0 Å². The lowest BCUT2D eigenvalue weighted by Crippen LogP contribution is -2.46. The quantitative estimate of drug-likeness (QED) is 0.755. The summed E-state index contributed by atoms with van der Waals surface area (Å²) in [5.41, 5.74) is 1.35. The largest absolute Gasteiger partial charge is 0.369 e. The van der Waals surface area contributed by atoms with Crippen molar-refractivity contribution in [3.8, 4) is 0 Å². The lowest BCUT2D eigenvalue weighted by Gasteiger charge is -2.36. The van der Waals surface area contributed by atoms with Gasteiger partial charge < -0.3 is 14.4 Å². The summed E-state index contributed by atoms with van der Waals surface area (Å²) in [6.07, 6.45) is 4.65. The van der Waals surface area contributed by atoms with E-state index in [1.807, 2.05) is 0 Å². The third-order valence-corrected chi connectivity index (χ3v) is 4.55. The van der Waals surface area contributed by atoms with Gasteiger partial charge in [-0.05, 0) is 37.8 Å². The molecule has 0 aliphatic carbocycles. The van der Waals surface area contributed by atoms with E-state index in [1.165, 1.54) is 18.5 Å². The van der Waals surface area contributed by atoms with Crippen LogP contribution in [0.25, 0.3) is 0 Å². The Labute approximate surface area is 134 Å². The molecule has 1 unspecified atom stereocenters. The maximum Gasteiger partial charge on any atom is 0.157 e. The number of piperazine rings is 1. The highest BCUT2D eigenvalue weighted by atomic mass is 16.7. The van der Waals surface area contributed by atoms with Gasteiger partial charge >= 0.3 is 0 Å². The molecular weight excluding hydrogens is 276 g/mol. The van der Waals surface area contributed by atoms with E-state index in [1.54, 1.807) is 0 Å². The van der Waals surface area contributed by atoms with E-state index in [9.17, 15) is 0 Å². The third kappa shape index (κ3) is 4.70. The smallest absolute Gasteiger partial charge is 0.157 e. The molecule has 0 bridgehead atoms. The molecular formula is C18H28N2O2. The number of rotatable bonds is 6. The van der Waals surface area contributed by atoms with E-state index >= 15 is 0 Å². The van der Waals surface area contributed by atoms with Gasteiger partial charge in [-0.3, -0.25) is 4.90 Å². The Bertz CT molecular complexity index is 412. The second-order valence-corrected chi connectivity index (χ2v) is 6.18. The molecule has 0 saturated carbocycles. The summed E-state index contributed by atoms with van der Waals surface area (Å²) in [5.74, 6) is 0. The number of ether oxygens (including phenoxy) is 2. The summed E-state index contributed by atoms with van der Waals surface area (Å²) < 4.78 is 11.4. The summed E-state index contributed by atoms with van der Waals surface area (Å²) in [6.45, 7) is 7.36. The van der Waals surface area contributed by atoms with Crippen LogP contribution in [-0.2, 0) is 9.47 Å². The maximum absolute atomic E-state index is 5.81. The van der Waals surface area contributed by atoms with Crippen LogP contribution in [0.4, 0.5) is 5.69 Å². The Balaban J connectivity index is 1.29. The highest BCUT2D eigenvalue weighted by molar-refractivity contribution is 5.46. The minimum Gasteiger partial charge on any atom is -0.369 e. The zero-order valence-corrected chi connectivity index (χ0v) is 13.5. The Morgan fingerprint density at radius 2 is 1.86 bits per heavy atom. The molecule has 2 aliphatic rings. The van der Waals surface area contributed by atoms with Gasteiger partial charge in [0.1, 0.15) is 0 Å². The van der Waals surface area contributed by atoms with Crippen molar-refractivity contribution in [3.05, 3.63) is 30.3 Å². The standard InChI is InChI=1S/C18H28N2O2/c1-2-7-17(8-3-1)20-13-11-19(12-14-20)10-6-16-22-18-9-4-5-15-21-18/h1-3,7-8,18H,4-6,9-16H2. The van der Waals surface area contributed by atoms with Gasteiger partial charge in [0, 0.05) is 45.0 Å². The zero-order chi connectivity index (χ0) is 15.0. The molecule has 1 aromatic rings. The number of para-hydroxylation sites is 1. The molecule has 0 aromatic heterocycles. The van der Waals surface area contributed by atoms with Gasteiger partial charge in [-0.25, -0.2) is 0 Å². The molecule has 4 nitrogen and oxygen atoms in total. The Hall–Kier alpha value is -1.10.